The molecule has 1 aromatic rings. The fraction of sp³-hybridized carbons (Fsp3) is 0.444. The Balaban J connectivity index is 2.81. The molecule has 0 saturated carbocycles. The van der Waals surface area contributed by atoms with Crippen molar-refractivity contribution in [2.24, 2.45) is 0 Å². The number of amides is 1. The van der Waals surface area contributed by atoms with Crippen molar-refractivity contribution in [3.05, 3.63) is 18.0 Å². The maximum Gasteiger partial charge on any atom is 0.323 e. The summed E-state index contributed by atoms with van der Waals surface area (Å²) in [6, 6.07) is -0.163. The minimum absolute atomic E-state index is 0.163. The molecule has 82 valence electrons. The highest BCUT2D eigenvalue weighted by Gasteiger charge is 2.21. The van der Waals surface area contributed by atoms with Crippen LogP contribution in [0.25, 0.3) is 0 Å². The lowest BCUT2D eigenvalue weighted by molar-refractivity contribution is -0.138. The van der Waals surface area contributed by atoms with Gasteiger partial charge in [0.1, 0.15) is 6.54 Å². The van der Waals surface area contributed by atoms with Crippen molar-refractivity contribution in [3.63, 3.8) is 0 Å². The molecule has 0 radical (unpaired) electrons. The molecule has 1 amide bonds. The van der Waals surface area contributed by atoms with Crippen LogP contribution in [0, 0.1) is 0 Å². The second-order valence-electron chi connectivity index (χ2n) is 3.41. The van der Waals surface area contributed by atoms with Crippen LogP contribution in [0.4, 0.5) is 0 Å². The average molecular weight is 211 g/mol. The van der Waals surface area contributed by atoms with E-state index in [-0.39, 0.29) is 18.5 Å². The number of nitrogens with zero attached hydrogens (tertiary/aromatic N) is 2. The number of aliphatic carboxylic acids is 1. The summed E-state index contributed by atoms with van der Waals surface area (Å²) in [5.74, 6) is -1.36. The van der Waals surface area contributed by atoms with Crippen molar-refractivity contribution in [3.8, 4) is 0 Å². The van der Waals surface area contributed by atoms with Gasteiger partial charge in [-0.1, -0.05) is 0 Å². The van der Waals surface area contributed by atoms with Gasteiger partial charge in [-0.2, -0.15) is 5.10 Å². The number of carbonyl (C=O) groups is 2. The Morgan fingerprint density at radius 2 is 2.27 bits per heavy atom. The van der Waals surface area contributed by atoms with E-state index in [4.69, 9.17) is 5.11 Å². The Kier molecular flexibility index (Phi) is 3.43. The van der Waals surface area contributed by atoms with Crippen LogP contribution >= 0.6 is 0 Å². The lowest BCUT2D eigenvalue weighted by Crippen LogP contribution is -2.40. The van der Waals surface area contributed by atoms with Crippen LogP contribution in [0.15, 0.2) is 12.4 Å². The Morgan fingerprint density at radius 3 is 2.67 bits per heavy atom. The van der Waals surface area contributed by atoms with Crippen LogP contribution in [0.1, 0.15) is 24.2 Å². The van der Waals surface area contributed by atoms with E-state index in [0.29, 0.717) is 5.56 Å². The number of hydrogen-bond donors (Lipinski definition) is 2. The molecule has 1 aromatic heterocycles. The molecule has 0 bridgehead atoms. The highest BCUT2D eigenvalue weighted by molar-refractivity contribution is 5.95. The minimum atomic E-state index is -1.03. The number of aromatic nitrogens is 2. The highest BCUT2D eigenvalue weighted by atomic mass is 16.4. The van der Waals surface area contributed by atoms with Gasteiger partial charge in [0.2, 0.25) is 0 Å². The lowest BCUT2D eigenvalue weighted by atomic mass is 10.2. The predicted octanol–water partition coefficient (Wildman–Crippen LogP) is 0.345. The van der Waals surface area contributed by atoms with Crippen LogP contribution in [0.5, 0.6) is 0 Å². The molecule has 0 aromatic carbocycles. The first-order chi connectivity index (χ1) is 7.02. The number of hydrogen-bond acceptors (Lipinski definition) is 3. The normalized spacial score (nSPS) is 10.3. The van der Waals surface area contributed by atoms with E-state index in [2.05, 4.69) is 10.2 Å². The summed E-state index contributed by atoms with van der Waals surface area (Å²) in [6.45, 7) is 3.23. The molecule has 0 fully saturated rings. The summed E-state index contributed by atoms with van der Waals surface area (Å²) in [6.07, 6.45) is 2.82. The maximum absolute atomic E-state index is 11.8. The smallest absolute Gasteiger partial charge is 0.323 e. The number of carbonyl (C=O) groups excluding carboxylic acids is 1. The standard InChI is InChI=1S/C9H13N3O3/c1-6(2)12(5-8(13)14)9(15)7-3-10-11-4-7/h3-4,6H,5H2,1-2H3,(H,10,11)(H,13,14). The van der Waals surface area contributed by atoms with Gasteiger partial charge in [-0.25, -0.2) is 0 Å². The van der Waals surface area contributed by atoms with Gasteiger partial charge < -0.3 is 10.0 Å². The van der Waals surface area contributed by atoms with Crippen molar-refractivity contribution in [2.75, 3.05) is 6.54 Å². The summed E-state index contributed by atoms with van der Waals surface area (Å²) in [7, 11) is 0. The van der Waals surface area contributed by atoms with Crippen LogP contribution in [0.3, 0.4) is 0 Å². The number of rotatable bonds is 4. The Hall–Kier alpha value is -1.85. The van der Waals surface area contributed by atoms with E-state index in [1.165, 1.54) is 17.3 Å². The van der Waals surface area contributed by atoms with Gasteiger partial charge in [-0.3, -0.25) is 14.7 Å². The van der Waals surface area contributed by atoms with Gasteiger partial charge >= 0.3 is 5.97 Å². The molecule has 1 rings (SSSR count). The Labute approximate surface area is 86.9 Å². The van der Waals surface area contributed by atoms with Gasteiger partial charge in [0.15, 0.2) is 0 Å². The third-order valence-electron chi connectivity index (χ3n) is 1.93. The SMILES string of the molecule is CC(C)N(CC(=O)O)C(=O)c1cn[nH]c1. The zero-order chi connectivity index (χ0) is 11.4. The third kappa shape index (κ3) is 2.80. The number of carboxylic acid groups (broad SMARTS) is 1. The van der Waals surface area contributed by atoms with E-state index in [1.807, 2.05) is 0 Å². The average Bonchev–Trinajstić information content (AvgIpc) is 2.65. The Morgan fingerprint density at radius 1 is 1.60 bits per heavy atom. The van der Waals surface area contributed by atoms with Crippen LogP contribution in [0.2, 0.25) is 0 Å². The first-order valence-corrected chi connectivity index (χ1v) is 4.54. The molecule has 6 heteroatoms. The lowest BCUT2D eigenvalue weighted by Gasteiger charge is -2.24. The van der Waals surface area contributed by atoms with Crippen LogP contribution in [-0.4, -0.2) is 44.7 Å². The van der Waals surface area contributed by atoms with Crippen molar-refractivity contribution in [1.82, 2.24) is 15.1 Å². The van der Waals surface area contributed by atoms with Crippen LogP contribution < -0.4 is 0 Å². The second-order valence-corrected chi connectivity index (χ2v) is 3.41. The van der Waals surface area contributed by atoms with Gasteiger partial charge in [0.05, 0.1) is 11.8 Å². The molecular formula is C9H13N3O3. The van der Waals surface area contributed by atoms with E-state index in [1.54, 1.807) is 13.8 Å². The molecule has 0 aliphatic heterocycles. The summed E-state index contributed by atoms with van der Waals surface area (Å²) in [4.78, 5) is 23.6. The fourth-order valence-electron chi connectivity index (χ4n) is 1.17. The molecule has 0 aliphatic rings. The fourth-order valence-corrected chi connectivity index (χ4v) is 1.17. The van der Waals surface area contributed by atoms with E-state index in [0.717, 1.165) is 0 Å². The molecule has 2 N–H and O–H groups in total. The molecule has 0 aliphatic carbocycles. The first kappa shape index (κ1) is 11.2. The minimum Gasteiger partial charge on any atom is -0.480 e. The number of H-pyrrole nitrogens is 1. The molecule has 0 saturated heterocycles. The molecule has 15 heavy (non-hydrogen) atoms. The molecule has 1 heterocycles. The molecule has 0 unspecified atom stereocenters. The molecular weight excluding hydrogens is 198 g/mol. The van der Waals surface area contributed by atoms with Crippen molar-refractivity contribution >= 4 is 11.9 Å². The molecule has 0 spiro atoms. The molecule has 0 atom stereocenters. The van der Waals surface area contributed by atoms with Crippen molar-refractivity contribution in [2.45, 2.75) is 19.9 Å². The summed E-state index contributed by atoms with van der Waals surface area (Å²) < 4.78 is 0. The zero-order valence-corrected chi connectivity index (χ0v) is 8.60. The largest absolute Gasteiger partial charge is 0.480 e. The quantitative estimate of drug-likeness (QED) is 0.752. The summed E-state index contributed by atoms with van der Waals surface area (Å²) in [5, 5.41) is 14.8. The monoisotopic (exact) mass is 211 g/mol. The number of aromatic amines is 1. The van der Waals surface area contributed by atoms with E-state index in [9.17, 15) is 9.59 Å². The summed E-state index contributed by atoms with van der Waals surface area (Å²) >= 11 is 0. The number of carboxylic acids is 1. The Bertz CT molecular complexity index is 345. The highest BCUT2D eigenvalue weighted by Crippen LogP contribution is 2.06. The summed E-state index contributed by atoms with van der Waals surface area (Å²) in [5.41, 5.74) is 0.366. The van der Waals surface area contributed by atoms with Gasteiger partial charge in [-0.05, 0) is 13.8 Å². The molecule has 6 nitrogen and oxygen atoms in total. The van der Waals surface area contributed by atoms with E-state index < -0.39 is 5.97 Å². The van der Waals surface area contributed by atoms with E-state index >= 15 is 0 Å². The zero-order valence-electron chi connectivity index (χ0n) is 8.60. The van der Waals surface area contributed by atoms with Crippen molar-refractivity contribution < 1.29 is 14.7 Å². The van der Waals surface area contributed by atoms with Gasteiger partial charge in [0.25, 0.3) is 5.91 Å². The third-order valence-corrected chi connectivity index (χ3v) is 1.93. The van der Waals surface area contributed by atoms with Gasteiger partial charge in [-0.15, -0.1) is 0 Å². The number of nitrogens with one attached hydrogen (secondary N) is 1. The van der Waals surface area contributed by atoms with Crippen LogP contribution in [-0.2, 0) is 4.79 Å². The first-order valence-electron chi connectivity index (χ1n) is 4.54. The predicted molar refractivity (Wildman–Crippen MR) is 52.4 cm³/mol. The van der Waals surface area contributed by atoms with Crippen molar-refractivity contribution in [1.29, 1.82) is 0 Å². The topological polar surface area (TPSA) is 86.3 Å². The van der Waals surface area contributed by atoms with Gasteiger partial charge in [0, 0.05) is 12.2 Å². The second kappa shape index (κ2) is 4.59. The maximum atomic E-state index is 11.8.